The summed E-state index contributed by atoms with van der Waals surface area (Å²) in [7, 11) is 4.66. The molecule has 3 saturated heterocycles. The maximum Gasteiger partial charge on any atom is 0.410 e. The van der Waals surface area contributed by atoms with E-state index in [9.17, 15) is 24.0 Å². The molecule has 343 valence electrons. The molecule has 3 aliphatic rings. The number of carbonyl (C=O) groups is 5. The van der Waals surface area contributed by atoms with Gasteiger partial charge in [-0.05, 0) is 92.6 Å². The number of amides is 4. The van der Waals surface area contributed by atoms with Crippen molar-refractivity contribution in [2.45, 2.75) is 91.1 Å². The lowest BCUT2D eigenvalue weighted by Crippen LogP contribution is -2.60. The highest BCUT2D eigenvalue weighted by Crippen LogP contribution is 2.42. The third-order valence-electron chi connectivity index (χ3n) is 12.7. The van der Waals surface area contributed by atoms with Crippen molar-refractivity contribution >= 4 is 50.6 Å². The molecule has 0 saturated carbocycles. The fourth-order valence-corrected chi connectivity index (χ4v) is 9.44. The number of hydrazine groups is 1. The minimum absolute atomic E-state index is 0.0234. The lowest BCUT2D eigenvalue weighted by Gasteiger charge is -2.40. The van der Waals surface area contributed by atoms with Gasteiger partial charge < -0.3 is 29.0 Å². The second-order valence-corrected chi connectivity index (χ2v) is 18.5. The summed E-state index contributed by atoms with van der Waals surface area (Å²) in [6.07, 6.45) is 3.97. The Balaban J connectivity index is 1.22. The number of carbonyl (C=O) groups excluding carboxylic acids is 5. The zero-order chi connectivity index (χ0) is 46.6. The highest BCUT2D eigenvalue weighted by atomic mass is 28.1. The van der Waals surface area contributed by atoms with E-state index in [1.54, 1.807) is 30.1 Å². The summed E-state index contributed by atoms with van der Waals surface area (Å²) in [6.45, 7) is 16.7. The number of pyridine rings is 1. The quantitative estimate of drug-likeness (QED) is 0.0952. The van der Waals surface area contributed by atoms with E-state index in [2.05, 4.69) is 83.2 Å². The minimum atomic E-state index is -0.958. The molecule has 2 N–H and O–H groups in total. The zero-order valence-corrected chi connectivity index (χ0v) is 39.2. The van der Waals surface area contributed by atoms with Crippen LogP contribution in [-0.2, 0) is 48.0 Å². The predicted octanol–water partition coefficient (Wildman–Crippen LogP) is 5.98. The summed E-state index contributed by atoms with van der Waals surface area (Å²) in [4.78, 5) is 73.4. The van der Waals surface area contributed by atoms with Gasteiger partial charge in [-0.2, -0.15) is 0 Å². The first-order valence-electron chi connectivity index (χ1n) is 22.5. The van der Waals surface area contributed by atoms with Crippen molar-refractivity contribution in [2.75, 3.05) is 46.4 Å². The van der Waals surface area contributed by atoms with Crippen molar-refractivity contribution in [3.63, 3.8) is 0 Å². The topological polar surface area (TPSA) is 165 Å². The second kappa shape index (κ2) is 20.1. The molecule has 0 unspecified atom stereocenters. The van der Waals surface area contributed by atoms with Crippen molar-refractivity contribution in [1.29, 1.82) is 0 Å². The monoisotopic (exact) mass is 902 g/mol. The van der Waals surface area contributed by atoms with Gasteiger partial charge in [0.2, 0.25) is 11.8 Å². The first-order chi connectivity index (χ1) is 31.1. The summed E-state index contributed by atoms with van der Waals surface area (Å²) in [5, 5.41) is 5.67. The number of ether oxygens (including phenoxy) is 3. The number of rotatable bonds is 17. The molecular formula is C49H60N7O8Si. The molecule has 2 aromatic heterocycles. The van der Waals surface area contributed by atoms with Crippen LogP contribution in [0.25, 0.3) is 33.3 Å². The molecule has 3 radical (unpaired) electrons. The molecule has 3 fully saturated rings. The molecule has 4 amide bonds. The van der Waals surface area contributed by atoms with Crippen LogP contribution in [0.5, 0.6) is 0 Å². The van der Waals surface area contributed by atoms with Crippen molar-refractivity contribution in [3.8, 4) is 22.4 Å². The summed E-state index contributed by atoms with van der Waals surface area (Å²) in [6, 6.07) is 16.5. The number of hydrogen-bond acceptors (Lipinski definition) is 10. The van der Waals surface area contributed by atoms with Crippen molar-refractivity contribution in [3.05, 3.63) is 90.3 Å². The normalized spacial score (nSPS) is 18.8. The van der Waals surface area contributed by atoms with Crippen molar-refractivity contribution in [1.82, 2.24) is 35.1 Å². The lowest BCUT2D eigenvalue weighted by molar-refractivity contribution is -0.141. The second-order valence-electron chi connectivity index (χ2n) is 18.1. The molecule has 3 aliphatic heterocycles. The Labute approximate surface area is 384 Å². The fraction of sp³-hybridized carbons (Fsp3) is 0.469. The number of benzene rings is 2. The Morgan fingerprint density at radius 3 is 2.55 bits per heavy atom. The molecule has 7 rings (SSSR count). The van der Waals surface area contributed by atoms with E-state index in [0.717, 1.165) is 62.9 Å². The van der Waals surface area contributed by atoms with Crippen molar-refractivity contribution < 1.29 is 38.2 Å². The van der Waals surface area contributed by atoms with Gasteiger partial charge in [0.1, 0.15) is 12.1 Å². The predicted molar refractivity (Wildman–Crippen MR) is 248 cm³/mol. The maximum absolute atomic E-state index is 14.3. The molecule has 16 heteroatoms. The Bertz CT molecular complexity index is 2440. The van der Waals surface area contributed by atoms with Crippen LogP contribution in [0.3, 0.4) is 0 Å². The van der Waals surface area contributed by atoms with Crippen LogP contribution >= 0.6 is 0 Å². The molecule has 0 aliphatic carbocycles. The SMILES string of the molecule is C=CC(=O)N1CC(CN2C(=O)O[C@H](C)[C@H]2C(=O)N[C@@H](Cc2cccc(-c3ccc4c(c3)c(CC(C)(C)COC(=O)[Si])c(-c3cccnc3[C@H](C)OC)n4CC)c2)C(=O)N2CCCCN2)C1. The third kappa shape index (κ3) is 10.3. The van der Waals surface area contributed by atoms with Gasteiger partial charge in [-0.3, -0.25) is 34.1 Å². The van der Waals surface area contributed by atoms with Crippen LogP contribution in [0.15, 0.2) is 73.4 Å². The van der Waals surface area contributed by atoms with Gasteiger partial charge in [0.05, 0.1) is 24.1 Å². The number of aryl methyl sites for hydroxylation is 1. The average molecular weight is 903 g/mol. The van der Waals surface area contributed by atoms with E-state index in [0.29, 0.717) is 39.1 Å². The van der Waals surface area contributed by atoms with E-state index in [4.69, 9.17) is 19.2 Å². The maximum atomic E-state index is 14.3. The Hall–Kier alpha value is -5.84. The van der Waals surface area contributed by atoms with Crippen LogP contribution in [-0.4, -0.2) is 129 Å². The van der Waals surface area contributed by atoms with Crippen LogP contribution < -0.4 is 10.7 Å². The molecule has 4 atom stereocenters. The third-order valence-corrected chi connectivity index (χ3v) is 12.9. The first-order valence-corrected chi connectivity index (χ1v) is 23.0. The summed E-state index contributed by atoms with van der Waals surface area (Å²) in [5.74, 6) is -0.948. The van der Waals surface area contributed by atoms with Crippen LogP contribution in [0, 0.1) is 11.3 Å². The van der Waals surface area contributed by atoms with Crippen LogP contribution in [0.1, 0.15) is 70.4 Å². The van der Waals surface area contributed by atoms with Crippen molar-refractivity contribution in [2.24, 2.45) is 11.3 Å². The van der Waals surface area contributed by atoms with Gasteiger partial charge in [-0.15, -0.1) is 0 Å². The molecule has 0 bridgehead atoms. The first kappa shape index (κ1) is 47.1. The number of hydrogen-bond donors (Lipinski definition) is 2. The number of fused-ring (bicyclic) bond motifs is 1. The van der Waals surface area contributed by atoms with Gasteiger partial charge in [0, 0.05) is 86.8 Å². The summed E-state index contributed by atoms with van der Waals surface area (Å²) >= 11 is 0. The molecule has 4 aromatic rings. The van der Waals surface area contributed by atoms with E-state index in [1.807, 2.05) is 31.2 Å². The van der Waals surface area contributed by atoms with Gasteiger partial charge in [-0.1, -0.05) is 50.8 Å². The fourth-order valence-electron chi connectivity index (χ4n) is 9.37. The van der Waals surface area contributed by atoms with E-state index in [1.165, 1.54) is 11.0 Å². The largest absolute Gasteiger partial charge is 0.470 e. The molecule has 0 spiro atoms. The Morgan fingerprint density at radius 1 is 1.09 bits per heavy atom. The van der Waals surface area contributed by atoms with Gasteiger partial charge in [0.25, 0.3) is 11.5 Å². The number of cyclic esters (lactones) is 1. The molecule has 5 heterocycles. The van der Waals surface area contributed by atoms with Gasteiger partial charge >= 0.3 is 6.09 Å². The Kier molecular flexibility index (Phi) is 14.6. The van der Waals surface area contributed by atoms with E-state index >= 15 is 0 Å². The van der Waals surface area contributed by atoms with E-state index < -0.39 is 41.2 Å². The number of aromatic nitrogens is 2. The highest BCUT2D eigenvalue weighted by Gasteiger charge is 2.47. The van der Waals surface area contributed by atoms with Crippen LogP contribution in [0.4, 0.5) is 9.59 Å². The zero-order valence-electron chi connectivity index (χ0n) is 38.2. The molecular weight excluding hydrogens is 843 g/mol. The average Bonchev–Trinajstić information content (AvgIpc) is 3.75. The lowest BCUT2D eigenvalue weighted by atomic mass is 9.84. The summed E-state index contributed by atoms with van der Waals surface area (Å²) < 4.78 is 19.1. The number of likely N-dealkylation sites (tertiary alicyclic amines) is 1. The number of methoxy groups -OCH3 is 1. The minimum Gasteiger partial charge on any atom is -0.470 e. The molecule has 2 aromatic carbocycles. The van der Waals surface area contributed by atoms with Gasteiger partial charge in [-0.25, -0.2) is 10.2 Å². The number of nitrogens with zero attached hydrogens (tertiary/aromatic N) is 5. The molecule has 15 nitrogen and oxygen atoms in total. The number of nitrogens with one attached hydrogen (secondary N) is 2. The molecule has 65 heavy (non-hydrogen) atoms. The summed E-state index contributed by atoms with van der Waals surface area (Å²) in [5.41, 5.74) is 9.91. The standard InChI is InChI=1S/C49H60N7O8Si/c1-8-41(57)53-26-33(27-53)28-55-43(31(4)64-47(55)60)45(58)52-39(46(59)56-21-11-10-20-51-56)23-32-14-12-15-34(22-32)35-17-18-40-37(24-35)38(25-49(5,6)29-63-48(61)65)44(54(40)9-2)36-16-13-19-50-42(36)30(3)62-7/h8,12-19,22,24,30-31,33,39,43,51H,1,9-11,20-21,23,25-29H2,2-7H3,(H,52,58)/t30-,31+,39-,43-/m0/s1. The highest BCUT2D eigenvalue weighted by molar-refractivity contribution is 6.55. The van der Waals surface area contributed by atoms with E-state index in [-0.39, 0.29) is 43.4 Å². The smallest absolute Gasteiger partial charge is 0.410 e. The Morgan fingerprint density at radius 2 is 1.86 bits per heavy atom. The van der Waals surface area contributed by atoms with Crippen LogP contribution in [0.2, 0.25) is 0 Å². The van der Waals surface area contributed by atoms with Gasteiger partial charge in [0.15, 0.2) is 16.3 Å².